The van der Waals surface area contributed by atoms with E-state index < -0.39 is 5.91 Å². The van der Waals surface area contributed by atoms with Crippen LogP contribution >= 0.6 is 12.4 Å². The molecule has 100 valence electrons. The van der Waals surface area contributed by atoms with Crippen LogP contribution in [0.2, 0.25) is 0 Å². The van der Waals surface area contributed by atoms with E-state index in [2.05, 4.69) is 15.6 Å². The number of nitrogens with two attached hydrogens (primary N) is 1. The second-order valence-corrected chi connectivity index (χ2v) is 3.41. The van der Waals surface area contributed by atoms with Crippen LogP contribution in [0.1, 0.15) is 27.8 Å². The fourth-order valence-electron chi connectivity index (χ4n) is 1.21. The molecule has 0 aromatic carbocycles. The molecule has 2 amide bonds. The molecule has 1 heterocycles. The predicted octanol–water partition coefficient (Wildman–Crippen LogP) is -0.0584. The van der Waals surface area contributed by atoms with Crippen molar-refractivity contribution in [3.05, 3.63) is 29.6 Å². The van der Waals surface area contributed by atoms with Crippen LogP contribution in [0.15, 0.2) is 18.3 Å². The summed E-state index contributed by atoms with van der Waals surface area (Å²) < 4.78 is 0. The standard InChI is InChI=1S/C11H16N4O2.ClH/c1-2-13-5-6-14-11(17)9-4-3-8(7-15-9)10(12)16;/h3-4,7,13H,2,5-6H2,1H3,(H2,12,16)(H,14,17);1H. The lowest BCUT2D eigenvalue weighted by Gasteiger charge is -2.05. The Hall–Kier alpha value is -1.66. The molecular weight excluding hydrogens is 256 g/mol. The van der Waals surface area contributed by atoms with E-state index in [-0.39, 0.29) is 29.6 Å². The summed E-state index contributed by atoms with van der Waals surface area (Å²) in [6.07, 6.45) is 1.29. The number of carbonyl (C=O) groups is 2. The van der Waals surface area contributed by atoms with Gasteiger partial charge in [0.2, 0.25) is 5.91 Å². The van der Waals surface area contributed by atoms with Crippen molar-refractivity contribution in [2.45, 2.75) is 6.92 Å². The average molecular weight is 273 g/mol. The number of likely N-dealkylation sites (N-methyl/N-ethyl adjacent to an activating group) is 1. The van der Waals surface area contributed by atoms with Gasteiger partial charge in [-0.3, -0.25) is 14.6 Å². The first-order valence-corrected chi connectivity index (χ1v) is 5.40. The van der Waals surface area contributed by atoms with Crippen molar-refractivity contribution in [2.24, 2.45) is 5.73 Å². The lowest BCUT2D eigenvalue weighted by molar-refractivity contribution is 0.0946. The average Bonchev–Trinajstić information content (AvgIpc) is 2.34. The van der Waals surface area contributed by atoms with Crippen LogP contribution in [0.3, 0.4) is 0 Å². The van der Waals surface area contributed by atoms with E-state index in [0.29, 0.717) is 13.1 Å². The van der Waals surface area contributed by atoms with Crippen LogP contribution in [0, 0.1) is 0 Å². The molecule has 0 aliphatic carbocycles. The van der Waals surface area contributed by atoms with E-state index in [1.165, 1.54) is 18.3 Å². The monoisotopic (exact) mass is 272 g/mol. The quantitative estimate of drug-likeness (QED) is 0.632. The van der Waals surface area contributed by atoms with Crippen molar-refractivity contribution < 1.29 is 9.59 Å². The number of hydrogen-bond donors (Lipinski definition) is 3. The predicted molar refractivity (Wildman–Crippen MR) is 70.9 cm³/mol. The largest absolute Gasteiger partial charge is 0.366 e. The zero-order valence-electron chi connectivity index (χ0n) is 10.1. The number of nitrogens with one attached hydrogen (secondary N) is 2. The lowest BCUT2D eigenvalue weighted by atomic mass is 10.2. The maximum absolute atomic E-state index is 11.6. The summed E-state index contributed by atoms with van der Waals surface area (Å²) in [5.74, 6) is -0.824. The number of amides is 2. The van der Waals surface area contributed by atoms with Crippen molar-refractivity contribution in [1.29, 1.82) is 0 Å². The second-order valence-electron chi connectivity index (χ2n) is 3.41. The van der Waals surface area contributed by atoms with Gasteiger partial charge in [0.05, 0.1) is 5.56 Å². The molecule has 0 atom stereocenters. The molecule has 4 N–H and O–H groups in total. The highest BCUT2D eigenvalue weighted by molar-refractivity contribution is 5.95. The Morgan fingerprint density at radius 1 is 1.33 bits per heavy atom. The molecule has 0 spiro atoms. The minimum Gasteiger partial charge on any atom is -0.366 e. The van der Waals surface area contributed by atoms with Gasteiger partial charge in [-0.2, -0.15) is 0 Å². The van der Waals surface area contributed by atoms with Crippen LogP contribution in [0.4, 0.5) is 0 Å². The van der Waals surface area contributed by atoms with E-state index in [1.807, 2.05) is 6.92 Å². The van der Waals surface area contributed by atoms with Gasteiger partial charge in [-0.15, -0.1) is 12.4 Å². The van der Waals surface area contributed by atoms with E-state index in [4.69, 9.17) is 5.73 Å². The molecule has 0 fully saturated rings. The van der Waals surface area contributed by atoms with Crippen LogP contribution < -0.4 is 16.4 Å². The van der Waals surface area contributed by atoms with E-state index in [0.717, 1.165) is 6.54 Å². The van der Waals surface area contributed by atoms with Crippen LogP contribution in [0.5, 0.6) is 0 Å². The molecule has 0 radical (unpaired) electrons. The first-order chi connectivity index (χ1) is 8.15. The summed E-state index contributed by atoms with van der Waals surface area (Å²) in [7, 11) is 0. The maximum Gasteiger partial charge on any atom is 0.269 e. The van der Waals surface area contributed by atoms with Gasteiger partial charge in [-0.05, 0) is 18.7 Å². The summed E-state index contributed by atoms with van der Waals surface area (Å²) in [5.41, 5.74) is 5.62. The van der Waals surface area contributed by atoms with E-state index in [9.17, 15) is 9.59 Å². The molecule has 1 aromatic rings. The molecule has 18 heavy (non-hydrogen) atoms. The Bertz CT molecular complexity index is 395. The number of hydrogen-bond acceptors (Lipinski definition) is 4. The molecule has 1 aromatic heterocycles. The van der Waals surface area contributed by atoms with Crippen molar-refractivity contribution in [3.8, 4) is 0 Å². The SMILES string of the molecule is CCNCCNC(=O)c1ccc(C(N)=O)cn1.Cl. The van der Waals surface area contributed by atoms with Crippen LogP contribution in [-0.2, 0) is 0 Å². The number of pyridine rings is 1. The summed E-state index contributed by atoms with van der Waals surface area (Å²) in [5, 5.41) is 5.79. The topological polar surface area (TPSA) is 97.1 Å². The highest BCUT2D eigenvalue weighted by Gasteiger charge is 2.07. The fourth-order valence-corrected chi connectivity index (χ4v) is 1.21. The van der Waals surface area contributed by atoms with E-state index >= 15 is 0 Å². The number of halogens is 1. The molecule has 0 unspecified atom stereocenters. The van der Waals surface area contributed by atoms with Crippen molar-refractivity contribution in [1.82, 2.24) is 15.6 Å². The normalized spacial score (nSPS) is 9.39. The first kappa shape index (κ1) is 16.3. The van der Waals surface area contributed by atoms with Gasteiger partial charge >= 0.3 is 0 Å². The third-order valence-electron chi connectivity index (χ3n) is 2.12. The third kappa shape index (κ3) is 5.11. The first-order valence-electron chi connectivity index (χ1n) is 5.40. The summed E-state index contributed by atoms with van der Waals surface area (Å²) in [6, 6.07) is 2.96. The number of primary amides is 1. The summed E-state index contributed by atoms with van der Waals surface area (Å²) >= 11 is 0. The molecule has 0 bridgehead atoms. The van der Waals surface area contributed by atoms with Gasteiger partial charge in [0.25, 0.3) is 5.91 Å². The molecule has 0 saturated heterocycles. The van der Waals surface area contributed by atoms with Gasteiger partial charge < -0.3 is 16.4 Å². The van der Waals surface area contributed by atoms with Gasteiger partial charge in [-0.25, -0.2) is 0 Å². The smallest absolute Gasteiger partial charge is 0.269 e. The Kier molecular flexibility index (Phi) is 7.66. The van der Waals surface area contributed by atoms with Gasteiger partial charge in [0.15, 0.2) is 0 Å². The molecule has 7 heteroatoms. The zero-order valence-corrected chi connectivity index (χ0v) is 10.9. The highest BCUT2D eigenvalue weighted by Crippen LogP contribution is 1.99. The lowest BCUT2D eigenvalue weighted by Crippen LogP contribution is -2.32. The highest BCUT2D eigenvalue weighted by atomic mass is 35.5. The van der Waals surface area contributed by atoms with Crippen molar-refractivity contribution in [3.63, 3.8) is 0 Å². The molecule has 0 saturated carbocycles. The Balaban J connectivity index is 0.00000289. The van der Waals surface area contributed by atoms with Crippen LogP contribution in [-0.4, -0.2) is 36.4 Å². The Morgan fingerprint density at radius 3 is 2.56 bits per heavy atom. The second kappa shape index (κ2) is 8.43. The number of carbonyl (C=O) groups excluding carboxylic acids is 2. The number of nitrogens with zero attached hydrogens (tertiary/aromatic N) is 1. The number of aromatic nitrogens is 1. The molecule has 0 aliphatic heterocycles. The summed E-state index contributed by atoms with van der Waals surface area (Å²) in [4.78, 5) is 26.2. The Labute approximate surface area is 112 Å². The molecule has 0 aliphatic rings. The Morgan fingerprint density at radius 2 is 2.06 bits per heavy atom. The molecule has 6 nitrogen and oxygen atoms in total. The maximum atomic E-state index is 11.6. The van der Waals surface area contributed by atoms with E-state index in [1.54, 1.807) is 0 Å². The number of rotatable bonds is 6. The molecule has 1 rings (SSSR count). The zero-order chi connectivity index (χ0) is 12.7. The van der Waals surface area contributed by atoms with Crippen molar-refractivity contribution in [2.75, 3.05) is 19.6 Å². The summed E-state index contributed by atoms with van der Waals surface area (Å²) in [6.45, 7) is 4.10. The van der Waals surface area contributed by atoms with Gasteiger partial charge in [0.1, 0.15) is 5.69 Å². The van der Waals surface area contributed by atoms with Crippen molar-refractivity contribution >= 4 is 24.2 Å². The molecular formula is C11H17ClN4O2. The van der Waals surface area contributed by atoms with Gasteiger partial charge in [-0.1, -0.05) is 6.92 Å². The third-order valence-corrected chi connectivity index (χ3v) is 2.12. The minimum absolute atomic E-state index is 0. The van der Waals surface area contributed by atoms with Crippen LogP contribution in [0.25, 0.3) is 0 Å². The van der Waals surface area contributed by atoms with Gasteiger partial charge in [0, 0.05) is 19.3 Å². The fraction of sp³-hybridized carbons (Fsp3) is 0.364. The minimum atomic E-state index is -0.559.